The lowest BCUT2D eigenvalue weighted by molar-refractivity contribution is -0.140. The predicted molar refractivity (Wildman–Crippen MR) is 176 cm³/mol. The third-order valence-electron chi connectivity index (χ3n) is 7.23. The Hall–Kier alpha value is -4.21. The smallest absolute Gasteiger partial charge is 0.264 e. The topological polar surface area (TPSA) is 86.8 Å². The summed E-state index contributed by atoms with van der Waals surface area (Å²) in [6.45, 7) is 5.69. The maximum absolute atomic E-state index is 14.4. The third kappa shape index (κ3) is 8.93. The van der Waals surface area contributed by atoms with E-state index in [-0.39, 0.29) is 40.4 Å². The molecule has 0 aliphatic carbocycles. The van der Waals surface area contributed by atoms with Gasteiger partial charge in [0, 0.05) is 19.5 Å². The molecule has 1 N–H and O–H groups in total. The van der Waals surface area contributed by atoms with Gasteiger partial charge < -0.3 is 10.2 Å². The fraction of sp³-hybridized carbons (Fsp3) is 0.257. The summed E-state index contributed by atoms with van der Waals surface area (Å²) in [7, 11) is -4.31. The van der Waals surface area contributed by atoms with Crippen LogP contribution in [0.15, 0.2) is 108 Å². The van der Waals surface area contributed by atoms with Gasteiger partial charge in [0.15, 0.2) is 0 Å². The molecule has 2 amide bonds. The minimum absolute atomic E-state index is 0.0118. The Labute approximate surface area is 269 Å². The average Bonchev–Trinajstić information content (AvgIpc) is 3.03. The van der Waals surface area contributed by atoms with E-state index in [0.29, 0.717) is 6.54 Å². The van der Waals surface area contributed by atoms with E-state index in [0.717, 1.165) is 27.1 Å². The molecule has 4 aromatic rings. The summed E-state index contributed by atoms with van der Waals surface area (Å²) in [5.74, 6) is -1.52. The van der Waals surface area contributed by atoms with Crippen molar-refractivity contribution >= 4 is 39.1 Å². The zero-order valence-corrected chi connectivity index (χ0v) is 27.1. The lowest BCUT2D eigenvalue weighted by Crippen LogP contribution is -2.53. The first-order valence-corrected chi connectivity index (χ1v) is 16.5. The lowest BCUT2D eigenvalue weighted by Gasteiger charge is -2.34. The molecule has 4 aromatic carbocycles. The van der Waals surface area contributed by atoms with Crippen molar-refractivity contribution in [3.8, 4) is 0 Å². The molecule has 0 heterocycles. The first kappa shape index (κ1) is 33.7. The number of rotatable bonds is 13. The zero-order chi connectivity index (χ0) is 32.6. The Kier molecular flexibility index (Phi) is 11.4. The molecular formula is C35H37ClFN3O4S. The van der Waals surface area contributed by atoms with Crippen molar-refractivity contribution < 1.29 is 22.4 Å². The number of hydrogen-bond acceptors (Lipinski definition) is 4. The molecule has 7 nitrogen and oxygen atoms in total. The summed E-state index contributed by atoms with van der Waals surface area (Å²) < 4.78 is 43.0. The molecule has 4 rings (SSSR count). The number of nitrogens with one attached hydrogen (secondary N) is 1. The second kappa shape index (κ2) is 15.2. The van der Waals surface area contributed by atoms with E-state index in [2.05, 4.69) is 5.32 Å². The minimum atomic E-state index is -4.31. The van der Waals surface area contributed by atoms with Crippen molar-refractivity contribution in [2.75, 3.05) is 17.4 Å². The number of sulfonamides is 1. The number of hydrogen-bond donors (Lipinski definition) is 1. The van der Waals surface area contributed by atoms with Crippen LogP contribution in [0.3, 0.4) is 0 Å². The highest BCUT2D eigenvalue weighted by Crippen LogP contribution is 2.28. The molecule has 0 aliphatic rings. The number of anilines is 1. The van der Waals surface area contributed by atoms with Crippen LogP contribution in [0, 0.1) is 18.7 Å². The van der Waals surface area contributed by atoms with Gasteiger partial charge in [-0.25, -0.2) is 12.8 Å². The first-order valence-electron chi connectivity index (χ1n) is 14.6. The molecule has 0 spiro atoms. The minimum Gasteiger partial charge on any atom is -0.354 e. The van der Waals surface area contributed by atoms with Crippen LogP contribution < -0.4 is 9.62 Å². The van der Waals surface area contributed by atoms with Gasteiger partial charge in [0.25, 0.3) is 10.0 Å². The third-order valence-corrected chi connectivity index (χ3v) is 9.31. The summed E-state index contributed by atoms with van der Waals surface area (Å²) >= 11 is 6.07. The van der Waals surface area contributed by atoms with E-state index >= 15 is 0 Å². The lowest BCUT2D eigenvalue weighted by atomic mass is 10.0. The Balaban J connectivity index is 1.80. The highest BCUT2D eigenvalue weighted by Gasteiger charge is 2.34. The first-order chi connectivity index (χ1) is 21.5. The highest BCUT2D eigenvalue weighted by atomic mass is 35.5. The zero-order valence-electron chi connectivity index (χ0n) is 25.5. The van der Waals surface area contributed by atoms with E-state index in [9.17, 15) is 22.4 Å². The molecule has 0 aliphatic heterocycles. The molecule has 236 valence electrons. The van der Waals surface area contributed by atoms with Crippen LogP contribution in [-0.4, -0.2) is 44.3 Å². The van der Waals surface area contributed by atoms with Gasteiger partial charge in [-0.2, -0.15) is 0 Å². The number of halogens is 2. The Morgan fingerprint density at radius 2 is 1.49 bits per heavy atom. The second-order valence-corrected chi connectivity index (χ2v) is 13.5. The standard InChI is InChI=1S/C35H37ClFN3O4S/c1-25(2)22-38-35(42)33(20-27-10-6-4-7-11-27)39(23-28-16-14-26(3)15-17-28)34(41)24-40(29-18-19-32(37)31(36)21-29)45(43,44)30-12-8-5-9-13-30/h4-19,21,25,33H,20,22-24H2,1-3H3,(H,38,42). The van der Waals surface area contributed by atoms with Gasteiger partial charge >= 0.3 is 0 Å². The Bertz CT molecular complexity index is 1700. The van der Waals surface area contributed by atoms with Crippen molar-refractivity contribution in [1.29, 1.82) is 0 Å². The molecule has 0 bridgehead atoms. The van der Waals surface area contributed by atoms with Gasteiger partial charge in [-0.05, 0) is 54.3 Å². The van der Waals surface area contributed by atoms with Gasteiger partial charge in [-0.15, -0.1) is 0 Å². The van der Waals surface area contributed by atoms with E-state index in [1.165, 1.54) is 29.2 Å². The largest absolute Gasteiger partial charge is 0.354 e. The van der Waals surface area contributed by atoms with Crippen LogP contribution in [0.4, 0.5) is 10.1 Å². The van der Waals surface area contributed by atoms with Gasteiger partial charge in [0.1, 0.15) is 18.4 Å². The molecule has 0 saturated carbocycles. The van der Waals surface area contributed by atoms with Crippen molar-refractivity contribution in [2.24, 2.45) is 5.92 Å². The van der Waals surface area contributed by atoms with Crippen LogP contribution >= 0.6 is 11.6 Å². The van der Waals surface area contributed by atoms with Crippen LogP contribution in [0.2, 0.25) is 5.02 Å². The SMILES string of the molecule is Cc1ccc(CN(C(=O)CN(c2ccc(F)c(Cl)c2)S(=O)(=O)c2ccccc2)C(Cc2ccccc2)C(=O)NCC(C)C)cc1. The summed E-state index contributed by atoms with van der Waals surface area (Å²) in [5.41, 5.74) is 2.65. The average molecular weight is 650 g/mol. The summed E-state index contributed by atoms with van der Waals surface area (Å²) in [6.07, 6.45) is 0.205. The predicted octanol–water partition coefficient (Wildman–Crippen LogP) is 6.40. The molecule has 1 unspecified atom stereocenters. The van der Waals surface area contributed by atoms with Gasteiger partial charge in [-0.3, -0.25) is 13.9 Å². The van der Waals surface area contributed by atoms with E-state index < -0.39 is 34.3 Å². The molecule has 0 aromatic heterocycles. The van der Waals surface area contributed by atoms with Gasteiger partial charge in [0.2, 0.25) is 11.8 Å². The fourth-order valence-corrected chi connectivity index (χ4v) is 6.36. The number of benzene rings is 4. The summed E-state index contributed by atoms with van der Waals surface area (Å²) in [4.78, 5) is 29.6. The normalized spacial score (nSPS) is 12.0. The number of nitrogens with zero attached hydrogens (tertiary/aromatic N) is 2. The molecule has 0 radical (unpaired) electrons. The molecule has 0 saturated heterocycles. The van der Waals surface area contributed by atoms with Crippen LogP contribution in [0.5, 0.6) is 0 Å². The van der Waals surface area contributed by atoms with Crippen LogP contribution in [0.1, 0.15) is 30.5 Å². The van der Waals surface area contributed by atoms with Crippen molar-refractivity contribution in [1.82, 2.24) is 10.2 Å². The quantitative estimate of drug-likeness (QED) is 0.182. The van der Waals surface area contributed by atoms with Crippen LogP contribution in [-0.2, 0) is 32.6 Å². The van der Waals surface area contributed by atoms with Crippen LogP contribution in [0.25, 0.3) is 0 Å². The number of carbonyl (C=O) groups is 2. The van der Waals surface area contributed by atoms with Gasteiger partial charge in [0.05, 0.1) is 15.6 Å². The molecule has 0 fully saturated rings. The summed E-state index contributed by atoms with van der Waals surface area (Å²) in [6, 6.07) is 27.1. The maximum Gasteiger partial charge on any atom is 0.264 e. The van der Waals surface area contributed by atoms with Gasteiger partial charge in [-0.1, -0.05) is 104 Å². The number of carbonyl (C=O) groups excluding carboxylic acids is 2. The van der Waals surface area contributed by atoms with E-state index in [1.54, 1.807) is 18.2 Å². The van der Waals surface area contributed by atoms with E-state index in [4.69, 9.17) is 11.6 Å². The maximum atomic E-state index is 14.4. The van der Waals surface area contributed by atoms with Crippen molar-refractivity contribution in [3.63, 3.8) is 0 Å². The fourth-order valence-electron chi connectivity index (χ4n) is 4.76. The Morgan fingerprint density at radius 3 is 2.09 bits per heavy atom. The number of aryl methyl sites for hydroxylation is 1. The van der Waals surface area contributed by atoms with Crippen molar-refractivity contribution in [3.05, 3.63) is 131 Å². The highest BCUT2D eigenvalue weighted by molar-refractivity contribution is 7.92. The second-order valence-electron chi connectivity index (χ2n) is 11.3. The van der Waals surface area contributed by atoms with Crippen molar-refractivity contribution in [2.45, 2.75) is 44.7 Å². The Morgan fingerprint density at radius 1 is 0.867 bits per heavy atom. The summed E-state index contributed by atoms with van der Waals surface area (Å²) in [5, 5.41) is 2.67. The molecular weight excluding hydrogens is 613 g/mol. The van der Waals surface area contributed by atoms with E-state index in [1.807, 2.05) is 75.4 Å². The molecule has 10 heteroatoms. The number of amides is 2. The molecule has 45 heavy (non-hydrogen) atoms. The molecule has 1 atom stereocenters. The monoisotopic (exact) mass is 649 g/mol.